The molecule has 0 rings (SSSR count). The molecule has 0 aromatic rings. The topological polar surface area (TPSA) is 82.1 Å². The lowest BCUT2D eigenvalue weighted by molar-refractivity contribution is -0.167. The first-order chi connectivity index (χ1) is 19.4. The molecule has 0 aromatic carbocycles. The van der Waals surface area contributed by atoms with Crippen LogP contribution in [0.4, 0.5) is 0 Å². The number of ether oxygens (including phenoxy) is 3. The molecule has 0 radical (unpaired) electrons. The van der Waals surface area contributed by atoms with Gasteiger partial charge in [0, 0.05) is 19.3 Å². The predicted molar refractivity (Wildman–Crippen MR) is 163 cm³/mol. The Morgan fingerprint density at radius 2 is 0.850 bits per heavy atom. The highest BCUT2D eigenvalue weighted by atomic mass is 16.6. The maximum atomic E-state index is 12.3. The van der Waals surface area contributed by atoms with Crippen LogP contribution in [0.5, 0.6) is 0 Å². The van der Waals surface area contributed by atoms with Gasteiger partial charge in [0.15, 0.2) is 6.10 Å². The van der Waals surface area contributed by atoms with Crippen molar-refractivity contribution in [1.82, 2.24) is 4.90 Å². The predicted octanol–water partition coefficient (Wildman–Crippen LogP) is 8.17. The zero-order valence-corrected chi connectivity index (χ0v) is 26.7. The van der Waals surface area contributed by atoms with Crippen molar-refractivity contribution in [2.45, 2.75) is 161 Å². The van der Waals surface area contributed by atoms with Gasteiger partial charge in [-0.3, -0.25) is 14.4 Å². The van der Waals surface area contributed by atoms with Gasteiger partial charge in [-0.1, -0.05) is 117 Å². The van der Waals surface area contributed by atoms with E-state index in [1.807, 2.05) is 19.0 Å². The highest BCUT2D eigenvalue weighted by Gasteiger charge is 2.19. The lowest BCUT2D eigenvalue weighted by Gasteiger charge is -2.18. The van der Waals surface area contributed by atoms with Crippen LogP contribution in [0.25, 0.3) is 0 Å². The van der Waals surface area contributed by atoms with Crippen LogP contribution in [0.15, 0.2) is 0 Å². The van der Waals surface area contributed by atoms with Crippen LogP contribution < -0.4 is 0 Å². The van der Waals surface area contributed by atoms with E-state index < -0.39 is 6.10 Å². The summed E-state index contributed by atoms with van der Waals surface area (Å²) in [6.45, 7) is 5.07. The summed E-state index contributed by atoms with van der Waals surface area (Å²) < 4.78 is 16.3. The van der Waals surface area contributed by atoms with Crippen LogP contribution >= 0.6 is 0 Å². The van der Waals surface area contributed by atoms with Gasteiger partial charge >= 0.3 is 17.9 Å². The summed E-state index contributed by atoms with van der Waals surface area (Å²) in [6, 6.07) is 0. The van der Waals surface area contributed by atoms with Crippen LogP contribution in [0.1, 0.15) is 155 Å². The lowest BCUT2D eigenvalue weighted by Crippen LogP contribution is -2.31. The van der Waals surface area contributed by atoms with E-state index in [4.69, 9.17) is 14.2 Å². The fourth-order valence-corrected chi connectivity index (χ4v) is 4.58. The fraction of sp³-hybridized carbons (Fsp3) is 0.909. The van der Waals surface area contributed by atoms with Gasteiger partial charge in [-0.25, -0.2) is 0 Å². The summed E-state index contributed by atoms with van der Waals surface area (Å²) >= 11 is 0. The first-order valence-corrected chi connectivity index (χ1v) is 16.5. The molecule has 0 heterocycles. The number of carbonyl (C=O) groups is 3. The highest BCUT2D eigenvalue weighted by molar-refractivity contribution is 5.71. The van der Waals surface area contributed by atoms with Crippen LogP contribution in [-0.2, 0) is 28.6 Å². The molecule has 0 aromatic heterocycles. The number of rotatable bonds is 29. The van der Waals surface area contributed by atoms with E-state index in [0.29, 0.717) is 19.3 Å². The molecule has 0 N–H and O–H groups in total. The Morgan fingerprint density at radius 3 is 1.23 bits per heavy atom. The van der Waals surface area contributed by atoms with E-state index in [1.165, 1.54) is 77.0 Å². The Balaban J connectivity index is 4.26. The number of esters is 3. The van der Waals surface area contributed by atoms with Crippen LogP contribution in [0.2, 0.25) is 0 Å². The zero-order valence-electron chi connectivity index (χ0n) is 26.7. The number of carbonyl (C=O) groups excluding carboxylic acids is 3. The Morgan fingerprint density at radius 1 is 0.500 bits per heavy atom. The maximum absolute atomic E-state index is 12.3. The average molecular weight is 570 g/mol. The summed E-state index contributed by atoms with van der Waals surface area (Å²) in [5.74, 6) is -0.952. The Hall–Kier alpha value is -1.63. The van der Waals surface area contributed by atoms with Crippen molar-refractivity contribution in [3.05, 3.63) is 0 Å². The van der Waals surface area contributed by atoms with Crippen molar-refractivity contribution in [1.29, 1.82) is 0 Å². The number of hydrogen-bond donors (Lipinski definition) is 0. The van der Waals surface area contributed by atoms with E-state index in [1.54, 1.807) is 0 Å². The molecule has 0 atom stereocenters. The molecule has 0 aliphatic carbocycles. The van der Waals surface area contributed by atoms with E-state index >= 15 is 0 Å². The second-order valence-electron chi connectivity index (χ2n) is 11.5. The molecule has 0 bridgehead atoms. The van der Waals surface area contributed by atoms with Gasteiger partial charge in [0.05, 0.1) is 0 Å². The standard InChI is InChI=1S/C33H63NO6/c1-5-7-9-11-13-15-17-19-21-24-31(35)38-28-30(40-33(37)26-23-27-34(3)4)29-39-32(36)25-22-20-18-16-14-12-10-8-6-2/h30H,5-29H2,1-4H3. The van der Waals surface area contributed by atoms with E-state index in [0.717, 1.165) is 45.1 Å². The lowest BCUT2D eigenvalue weighted by atomic mass is 10.1. The second kappa shape index (κ2) is 28.9. The molecule has 0 amide bonds. The maximum Gasteiger partial charge on any atom is 0.306 e. The molecule has 7 nitrogen and oxygen atoms in total. The summed E-state index contributed by atoms with van der Waals surface area (Å²) in [7, 11) is 3.91. The smallest absolute Gasteiger partial charge is 0.306 e. The molecule has 7 heteroatoms. The summed E-state index contributed by atoms with van der Waals surface area (Å²) in [6.07, 6.45) is 22.2. The van der Waals surface area contributed by atoms with Gasteiger partial charge in [-0.2, -0.15) is 0 Å². The van der Waals surface area contributed by atoms with Crippen molar-refractivity contribution in [2.24, 2.45) is 0 Å². The normalized spacial score (nSPS) is 11.2. The molecule has 236 valence electrons. The minimum Gasteiger partial charge on any atom is -0.462 e. The van der Waals surface area contributed by atoms with Gasteiger partial charge < -0.3 is 19.1 Å². The van der Waals surface area contributed by atoms with Crippen LogP contribution in [0.3, 0.4) is 0 Å². The summed E-state index contributed by atoms with van der Waals surface area (Å²) in [5.41, 5.74) is 0. The molecule has 0 unspecified atom stereocenters. The minimum absolute atomic E-state index is 0.0823. The molecule has 0 fully saturated rings. The fourth-order valence-electron chi connectivity index (χ4n) is 4.58. The molecular formula is C33H63NO6. The van der Waals surface area contributed by atoms with E-state index in [2.05, 4.69) is 13.8 Å². The zero-order chi connectivity index (χ0) is 29.7. The third-order valence-electron chi connectivity index (χ3n) is 7.11. The quantitative estimate of drug-likeness (QED) is 0.0510. The molecule has 0 spiro atoms. The summed E-state index contributed by atoms with van der Waals surface area (Å²) in [4.78, 5) is 38.8. The first-order valence-electron chi connectivity index (χ1n) is 16.5. The third-order valence-corrected chi connectivity index (χ3v) is 7.11. The number of nitrogens with zero attached hydrogens (tertiary/aromatic N) is 1. The van der Waals surface area contributed by atoms with Crippen molar-refractivity contribution in [3.63, 3.8) is 0 Å². The van der Waals surface area contributed by atoms with Crippen LogP contribution in [-0.4, -0.2) is 62.8 Å². The molecule has 40 heavy (non-hydrogen) atoms. The van der Waals surface area contributed by atoms with Crippen LogP contribution in [0, 0.1) is 0 Å². The average Bonchev–Trinajstić information content (AvgIpc) is 2.92. The monoisotopic (exact) mass is 569 g/mol. The second-order valence-corrected chi connectivity index (χ2v) is 11.5. The molecule has 0 aliphatic heterocycles. The Labute approximate surface area is 246 Å². The molecule has 0 saturated heterocycles. The number of hydrogen-bond acceptors (Lipinski definition) is 7. The van der Waals surface area contributed by atoms with Gasteiger partial charge in [0.2, 0.25) is 0 Å². The molecular weight excluding hydrogens is 506 g/mol. The largest absolute Gasteiger partial charge is 0.462 e. The van der Waals surface area contributed by atoms with Gasteiger partial charge in [-0.05, 0) is 39.9 Å². The SMILES string of the molecule is CCCCCCCCCCCC(=O)OCC(COC(=O)CCCCCCCCCCC)OC(=O)CCCN(C)C. The molecule has 0 aliphatic rings. The van der Waals surface area contributed by atoms with Gasteiger partial charge in [0.25, 0.3) is 0 Å². The van der Waals surface area contributed by atoms with E-state index in [9.17, 15) is 14.4 Å². The van der Waals surface area contributed by atoms with Gasteiger partial charge in [0.1, 0.15) is 13.2 Å². The van der Waals surface area contributed by atoms with E-state index in [-0.39, 0.29) is 37.5 Å². The van der Waals surface area contributed by atoms with Crippen molar-refractivity contribution in [3.8, 4) is 0 Å². The Kier molecular flexibility index (Phi) is 27.7. The van der Waals surface area contributed by atoms with Crippen molar-refractivity contribution >= 4 is 17.9 Å². The van der Waals surface area contributed by atoms with Gasteiger partial charge in [-0.15, -0.1) is 0 Å². The minimum atomic E-state index is -0.772. The Bertz CT molecular complexity index is 572. The third kappa shape index (κ3) is 27.9. The van der Waals surface area contributed by atoms with Crippen molar-refractivity contribution < 1.29 is 28.6 Å². The molecule has 0 saturated carbocycles. The summed E-state index contributed by atoms with van der Waals surface area (Å²) in [5, 5.41) is 0. The highest BCUT2D eigenvalue weighted by Crippen LogP contribution is 2.13. The first kappa shape index (κ1) is 38.4. The number of unbranched alkanes of at least 4 members (excludes halogenated alkanes) is 16. The van der Waals surface area contributed by atoms with Crippen molar-refractivity contribution in [2.75, 3.05) is 33.9 Å².